The Bertz CT molecular complexity index is 1010. The van der Waals surface area contributed by atoms with Crippen molar-refractivity contribution in [3.05, 3.63) is 58.6 Å². The molecular formula is C22H27ClN2O5S. The molecule has 9 heteroatoms. The Morgan fingerprint density at radius 1 is 1.19 bits per heavy atom. The van der Waals surface area contributed by atoms with Gasteiger partial charge in [0.25, 0.3) is 5.91 Å². The van der Waals surface area contributed by atoms with Crippen LogP contribution in [0.3, 0.4) is 0 Å². The summed E-state index contributed by atoms with van der Waals surface area (Å²) in [6, 6.07) is 12.0. The zero-order valence-corrected chi connectivity index (χ0v) is 19.0. The van der Waals surface area contributed by atoms with E-state index < -0.39 is 15.9 Å². The molecular weight excluding hydrogens is 440 g/mol. The van der Waals surface area contributed by atoms with Gasteiger partial charge in [0.2, 0.25) is 10.0 Å². The van der Waals surface area contributed by atoms with Gasteiger partial charge in [-0.15, -0.1) is 0 Å². The first-order chi connectivity index (χ1) is 14.9. The number of aryl methyl sites for hydroxylation is 1. The Morgan fingerprint density at radius 3 is 2.68 bits per heavy atom. The van der Waals surface area contributed by atoms with Crippen molar-refractivity contribution in [1.29, 1.82) is 0 Å². The van der Waals surface area contributed by atoms with E-state index in [1.807, 2.05) is 31.2 Å². The molecule has 0 saturated carbocycles. The number of carbonyl (C=O) groups excluding carboxylic acids is 1. The van der Waals surface area contributed by atoms with Gasteiger partial charge in [0, 0.05) is 19.6 Å². The van der Waals surface area contributed by atoms with Crippen molar-refractivity contribution in [1.82, 2.24) is 9.62 Å². The monoisotopic (exact) mass is 466 g/mol. The number of carbonyl (C=O) groups is 1. The highest BCUT2D eigenvalue weighted by atomic mass is 35.5. The normalized spacial score (nSPS) is 14.9. The molecule has 0 aliphatic carbocycles. The zero-order valence-electron chi connectivity index (χ0n) is 17.5. The van der Waals surface area contributed by atoms with Crippen molar-refractivity contribution >= 4 is 27.5 Å². The minimum Gasteiger partial charge on any atom is -0.494 e. The van der Waals surface area contributed by atoms with Gasteiger partial charge in [-0.1, -0.05) is 29.8 Å². The molecule has 168 valence electrons. The number of rotatable bonds is 9. The topological polar surface area (TPSA) is 84.9 Å². The standard InChI is InChI=1S/C22H27ClN2O5S/c1-2-30-21-8-4-3-6-17(21)7-5-11-24-22(26)19-16-18(9-10-20(19)23)31(27,28)25-12-14-29-15-13-25/h3-4,6,8-10,16H,2,5,7,11-15H2,1H3,(H,24,26). The van der Waals surface area contributed by atoms with Crippen LogP contribution in [0.5, 0.6) is 5.75 Å². The van der Waals surface area contributed by atoms with Gasteiger partial charge in [0.1, 0.15) is 5.75 Å². The van der Waals surface area contributed by atoms with E-state index in [2.05, 4.69) is 5.32 Å². The highest BCUT2D eigenvalue weighted by Crippen LogP contribution is 2.24. The predicted molar refractivity (Wildman–Crippen MR) is 119 cm³/mol. The van der Waals surface area contributed by atoms with Crippen molar-refractivity contribution in [3.8, 4) is 5.75 Å². The molecule has 1 amide bonds. The van der Waals surface area contributed by atoms with E-state index in [0.717, 1.165) is 17.7 Å². The maximum absolute atomic E-state index is 12.9. The molecule has 1 heterocycles. The van der Waals surface area contributed by atoms with Gasteiger partial charge in [-0.2, -0.15) is 4.31 Å². The number of ether oxygens (including phenoxy) is 2. The molecule has 1 aliphatic heterocycles. The number of hydrogen-bond acceptors (Lipinski definition) is 5. The van der Waals surface area contributed by atoms with E-state index >= 15 is 0 Å². The summed E-state index contributed by atoms with van der Waals surface area (Å²) in [6.07, 6.45) is 1.45. The third-order valence-electron chi connectivity index (χ3n) is 4.97. The van der Waals surface area contributed by atoms with Crippen LogP contribution in [0.25, 0.3) is 0 Å². The fourth-order valence-electron chi connectivity index (χ4n) is 3.36. The summed E-state index contributed by atoms with van der Waals surface area (Å²) in [5, 5.41) is 3.04. The number of nitrogens with zero attached hydrogens (tertiary/aromatic N) is 1. The predicted octanol–water partition coefficient (Wildman–Crippen LogP) is 3.12. The van der Waals surface area contributed by atoms with E-state index in [-0.39, 0.29) is 28.6 Å². The molecule has 2 aromatic rings. The number of nitrogens with one attached hydrogen (secondary N) is 1. The molecule has 3 rings (SSSR count). The van der Waals surface area contributed by atoms with Crippen LogP contribution < -0.4 is 10.1 Å². The maximum atomic E-state index is 12.9. The molecule has 0 bridgehead atoms. The zero-order chi connectivity index (χ0) is 22.3. The smallest absolute Gasteiger partial charge is 0.252 e. The summed E-state index contributed by atoms with van der Waals surface area (Å²) in [6.45, 7) is 4.24. The molecule has 1 N–H and O–H groups in total. The summed E-state index contributed by atoms with van der Waals surface area (Å²) in [5.41, 5.74) is 1.22. The van der Waals surface area contributed by atoms with E-state index in [9.17, 15) is 13.2 Å². The molecule has 1 fully saturated rings. The van der Waals surface area contributed by atoms with Crippen LogP contribution in [-0.4, -0.2) is 58.1 Å². The van der Waals surface area contributed by atoms with E-state index in [0.29, 0.717) is 32.8 Å². The van der Waals surface area contributed by atoms with Gasteiger partial charge in [0.05, 0.1) is 35.3 Å². The highest BCUT2D eigenvalue weighted by molar-refractivity contribution is 7.89. The first-order valence-electron chi connectivity index (χ1n) is 10.3. The first-order valence-corrected chi connectivity index (χ1v) is 12.1. The quantitative estimate of drug-likeness (QED) is 0.574. The lowest BCUT2D eigenvalue weighted by atomic mass is 10.1. The largest absolute Gasteiger partial charge is 0.494 e. The number of sulfonamides is 1. The molecule has 1 aliphatic rings. The number of amides is 1. The number of benzene rings is 2. The van der Waals surface area contributed by atoms with Gasteiger partial charge in [0.15, 0.2) is 0 Å². The van der Waals surface area contributed by atoms with Crippen molar-refractivity contribution in [3.63, 3.8) is 0 Å². The number of para-hydroxylation sites is 1. The van der Waals surface area contributed by atoms with Crippen molar-refractivity contribution in [2.24, 2.45) is 0 Å². The Kier molecular flexibility index (Phi) is 8.31. The molecule has 0 unspecified atom stereocenters. The lowest BCUT2D eigenvalue weighted by Gasteiger charge is -2.26. The summed E-state index contributed by atoms with van der Waals surface area (Å²) in [7, 11) is -3.71. The Balaban J connectivity index is 1.62. The van der Waals surface area contributed by atoms with Crippen LogP contribution in [0.2, 0.25) is 5.02 Å². The van der Waals surface area contributed by atoms with Crippen LogP contribution in [-0.2, 0) is 21.2 Å². The number of halogens is 1. The van der Waals surface area contributed by atoms with E-state index in [4.69, 9.17) is 21.1 Å². The number of hydrogen-bond donors (Lipinski definition) is 1. The third kappa shape index (κ3) is 5.98. The van der Waals surface area contributed by atoms with Gasteiger partial charge in [-0.3, -0.25) is 4.79 Å². The molecule has 0 atom stereocenters. The maximum Gasteiger partial charge on any atom is 0.252 e. The lowest BCUT2D eigenvalue weighted by molar-refractivity contribution is 0.0730. The second-order valence-electron chi connectivity index (χ2n) is 7.06. The van der Waals surface area contributed by atoms with Gasteiger partial charge < -0.3 is 14.8 Å². The first kappa shape index (κ1) is 23.5. The van der Waals surface area contributed by atoms with Gasteiger partial charge >= 0.3 is 0 Å². The molecule has 31 heavy (non-hydrogen) atoms. The SMILES string of the molecule is CCOc1ccccc1CCCNC(=O)c1cc(S(=O)(=O)N2CCOCC2)ccc1Cl. The van der Waals surface area contributed by atoms with Crippen molar-refractivity contribution < 1.29 is 22.7 Å². The molecule has 0 aromatic heterocycles. The lowest BCUT2D eigenvalue weighted by Crippen LogP contribution is -2.40. The molecule has 7 nitrogen and oxygen atoms in total. The summed E-state index contributed by atoms with van der Waals surface area (Å²) >= 11 is 6.19. The van der Waals surface area contributed by atoms with Gasteiger partial charge in [-0.05, 0) is 49.6 Å². The average molecular weight is 467 g/mol. The minimum absolute atomic E-state index is 0.0505. The van der Waals surface area contributed by atoms with Crippen molar-refractivity contribution in [2.75, 3.05) is 39.5 Å². The molecule has 0 spiro atoms. The summed E-state index contributed by atoms with van der Waals surface area (Å²) in [4.78, 5) is 12.7. The second-order valence-corrected chi connectivity index (χ2v) is 9.40. The number of morpholine rings is 1. The van der Waals surface area contributed by atoms with E-state index in [1.54, 1.807) is 0 Å². The molecule has 1 saturated heterocycles. The minimum atomic E-state index is -3.71. The van der Waals surface area contributed by atoms with Crippen LogP contribution >= 0.6 is 11.6 Å². The second kappa shape index (κ2) is 10.9. The average Bonchev–Trinajstić information content (AvgIpc) is 2.78. The van der Waals surface area contributed by atoms with Crippen LogP contribution in [0.15, 0.2) is 47.4 Å². The fraction of sp³-hybridized carbons (Fsp3) is 0.409. The summed E-state index contributed by atoms with van der Waals surface area (Å²) in [5.74, 6) is 0.447. The van der Waals surface area contributed by atoms with Gasteiger partial charge in [-0.25, -0.2) is 8.42 Å². The summed E-state index contributed by atoms with van der Waals surface area (Å²) < 4.78 is 37.9. The highest BCUT2D eigenvalue weighted by Gasteiger charge is 2.27. The molecule has 0 radical (unpaired) electrons. The fourth-order valence-corrected chi connectivity index (χ4v) is 5.00. The van der Waals surface area contributed by atoms with Crippen molar-refractivity contribution in [2.45, 2.75) is 24.7 Å². The van der Waals surface area contributed by atoms with Crippen LogP contribution in [0.1, 0.15) is 29.3 Å². The Morgan fingerprint density at radius 2 is 1.94 bits per heavy atom. The van der Waals surface area contributed by atoms with Crippen LogP contribution in [0.4, 0.5) is 0 Å². The Labute approximate surface area is 188 Å². The van der Waals surface area contributed by atoms with E-state index in [1.165, 1.54) is 22.5 Å². The third-order valence-corrected chi connectivity index (χ3v) is 7.20. The van der Waals surface area contributed by atoms with Crippen LogP contribution in [0, 0.1) is 0 Å². The molecule has 2 aromatic carbocycles. The Hall–Kier alpha value is -2.13.